The van der Waals surface area contributed by atoms with E-state index >= 15 is 0 Å². The van der Waals surface area contributed by atoms with Gasteiger partial charge in [-0.25, -0.2) is 0 Å². The number of allylic oxidation sites excluding steroid dienone is 3. The minimum absolute atomic E-state index is 0.0284. The lowest BCUT2D eigenvalue weighted by Crippen LogP contribution is -2.23. The SMILES string of the molecule is CC=CC=CC(=O)N(C)c1ccccc1. The molecular formula is C13H15NO. The van der Waals surface area contributed by atoms with E-state index in [-0.39, 0.29) is 5.91 Å². The van der Waals surface area contributed by atoms with Crippen LogP contribution < -0.4 is 4.90 Å². The van der Waals surface area contributed by atoms with Gasteiger partial charge in [-0.05, 0) is 19.1 Å². The van der Waals surface area contributed by atoms with Gasteiger partial charge < -0.3 is 4.90 Å². The normalized spacial score (nSPS) is 11.1. The molecule has 0 unspecified atom stereocenters. The average Bonchev–Trinajstić information content (AvgIpc) is 2.29. The Hall–Kier alpha value is -1.83. The van der Waals surface area contributed by atoms with Crippen LogP contribution in [0.1, 0.15) is 6.92 Å². The zero-order valence-corrected chi connectivity index (χ0v) is 9.05. The minimum Gasteiger partial charge on any atom is -0.312 e. The van der Waals surface area contributed by atoms with Crippen molar-refractivity contribution in [3.8, 4) is 0 Å². The lowest BCUT2D eigenvalue weighted by atomic mass is 10.3. The fourth-order valence-corrected chi connectivity index (χ4v) is 1.14. The molecule has 0 aliphatic rings. The van der Waals surface area contributed by atoms with Crippen molar-refractivity contribution < 1.29 is 4.79 Å². The summed E-state index contributed by atoms with van der Waals surface area (Å²) in [5.41, 5.74) is 0.896. The number of hydrogen-bond acceptors (Lipinski definition) is 1. The number of carbonyl (C=O) groups is 1. The van der Waals surface area contributed by atoms with Gasteiger partial charge in [0.1, 0.15) is 0 Å². The minimum atomic E-state index is -0.0284. The number of benzene rings is 1. The molecule has 2 nitrogen and oxygen atoms in total. The number of amides is 1. The van der Waals surface area contributed by atoms with Crippen LogP contribution >= 0.6 is 0 Å². The molecule has 1 aromatic rings. The second kappa shape index (κ2) is 5.81. The largest absolute Gasteiger partial charge is 0.312 e. The van der Waals surface area contributed by atoms with Gasteiger partial charge in [-0.15, -0.1) is 0 Å². The van der Waals surface area contributed by atoms with Crippen molar-refractivity contribution >= 4 is 11.6 Å². The zero-order valence-electron chi connectivity index (χ0n) is 9.05. The highest BCUT2D eigenvalue weighted by Gasteiger charge is 2.05. The van der Waals surface area contributed by atoms with Crippen LogP contribution in [-0.4, -0.2) is 13.0 Å². The highest BCUT2D eigenvalue weighted by atomic mass is 16.2. The smallest absolute Gasteiger partial charge is 0.250 e. The Morgan fingerprint density at radius 3 is 2.47 bits per heavy atom. The van der Waals surface area contributed by atoms with Crippen LogP contribution in [0.3, 0.4) is 0 Å². The van der Waals surface area contributed by atoms with E-state index in [1.165, 1.54) is 0 Å². The van der Waals surface area contributed by atoms with E-state index in [0.29, 0.717) is 0 Å². The first-order chi connectivity index (χ1) is 7.25. The van der Waals surface area contributed by atoms with Gasteiger partial charge in [-0.2, -0.15) is 0 Å². The first-order valence-electron chi connectivity index (χ1n) is 4.88. The molecule has 1 amide bonds. The van der Waals surface area contributed by atoms with Crippen LogP contribution in [0.25, 0.3) is 0 Å². The molecular weight excluding hydrogens is 186 g/mol. The molecule has 0 saturated heterocycles. The summed E-state index contributed by atoms with van der Waals surface area (Å²) in [6, 6.07) is 9.56. The third-order valence-corrected chi connectivity index (χ3v) is 2.02. The van der Waals surface area contributed by atoms with Crippen LogP contribution in [0, 0.1) is 0 Å². The van der Waals surface area contributed by atoms with Crippen LogP contribution in [0.2, 0.25) is 0 Å². The summed E-state index contributed by atoms with van der Waals surface area (Å²) >= 11 is 0. The Morgan fingerprint density at radius 2 is 1.87 bits per heavy atom. The molecule has 0 aliphatic heterocycles. The Bertz CT molecular complexity index is 365. The monoisotopic (exact) mass is 201 g/mol. The molecule has 0 aliphatic carbocycles. The van der Waals surface area contributed by atoms with Gasteiger partial charge in [-0.1, -0.05) is 36.4 Å². The van der Waals surface area contributed by atoms with Gasteiger partial charge in [0.25, 0.3) is 5.91 Å². The molecule has 2 heteroatoms. The van der Waals surface area contributed by atoms with Gasteiger partial charge in [0.2, 0.25) is 0 Å². The number of carbonyl (C=O) groups excluding carboxylic acids is 1. The second-order valence-corrected chi connectivity index (χ2v) is 3.12. The fourth-order valence-electron chi connectivity index (χ4n) is 1.14. The summed E-state index contributed by atoms with van der Waals surface area (Å²) < 4.78 is 0. The number of nitrogens with zero attached hydrogens (tertiary/aromatic N) is 1. The van der Waals surface area contributed by atoms with Crippen molar-refractivity contribution in [1.82, 2.24) is 0 Å². The van der Waals surface area contributed by atoms with Crippen molar-refractivity contribution in [2.45, 2.75) is 6.92 Å². The molecule has 0 saturated carbocycles. The van der Waals surface area contributed by atoms with Crippen molar-refractivity contribution in [2.75, 3.05) is 11.9 Å². The van der Waals surface area contributed by atoms with Crippen LogP contribution in [0.15, 0.2) is 54.6 Å². The predicted octanol–water partition coefficient (Wildman–Crippen LogP) is 2.78. The summed E-state index contributed by atoms with van der Waals surface area (Å²) in [5.74, 6) is -0.0284. The maximum Gasteiger partial charge on any atom is 0.250 e. The molecule has 78 valence electrons. The molecule has 0 spiro atoms. The maximum atomic E-state index is 11.6. The molecule has 1 aromatic carbocycles. The van der Waals surface area contributed by atoms with Gasteiger partial charge >= 0.3 is 0 Å². The van der Waals surface area contributed by atoms with E-state index in [2.05, 4.69) is 0 Å². The summed E-state index contributed by atoms with van der Waals surface area (Å²) in [6.07, 6.45) is 7.00. The van der Waals surface area contributed by atoms with Crippen molar-refractivity contribution in [1.29, 1.82) is 0 Å². The quantitative estimate of drug-likeness (QED) is 0.544. The number of rotatable bonds is 3. The van der Waals surface area contributed by atoms with Crippen LogP contribution in [0.4, 0.5) is 5.69 Å². The average molecular weight is 201 g/mol. The number of likely N-dealkylation sites (N-methyl/N-ethyl adjacent to an activating group) is 1. The lowest BCUT2D eigenvalue weighted by Gasteiger charge is -2.14. The Morgan fingerprint density at radius 1 is 1.20 bits per heavy atom. The van der Waals surface area contributed by atoms with E-state index in [0.717, 1.165) is 5.69 Å². The van der Waals surface area contributed by atoms with E-state index in [1.54, 1.807) is 24.1 Å². The van der Waals surface area contributed by atoms with Crippen LogP contribution in [0.5, 0.6) is 0 Å². The van der Waals surface area contributed by atoms with Gasteiger partial charge in [0, 0.05) is 18.8 Å². The van der Waals surface area contributed by atoms with Gasteiger partial charge in [0.15, 0.2) is 0 Å². The number of hydrogen-bond donors (Lipinski definition) is 0. The molecule has 0 bridgehead atoms. The highest BCUT2D eigenvalue weighted by Crippen LogP contribution is 2.11. The van der Waals surface area contributed by atoms with E-state index in [9.17, 15) is 4.79 Å². The summed E-state index contributed by atoms with van der Waals surface area (Å²) in [7, 11) is 1.76. The first kappa shape index (κ1) is 11.2. The third kappa shape index (κ3) is 3.43. The molecule has 0 aromatic heterocycles. The Balaban J connectivity index is 2.69. The fraction of sp³-hybridized carbons (Fsp3) is 0.154. The van der Waals surface area contributed by atoms with Gasteiger partial charge in [0.05, 0.1) is 0 Å². The van der Waals surface area contributed by atoms with E-state index in [1.807, 2.05) is 49.4 Å². The standard InChI is InChI=1S/C13H15NO/c1-3-4-6-11-13(15)14(2)12-9-7-5-8-10-12/h3-11H,1-2H3. The molecule has 0 radical (unpaired) electrons. The maximum absolute atomic E-state index is 11.6. The Labute approximate surface area is 90.5 Å². The van der Waals surface area contributed by atoms with E-state index < -0.39 is 0 Å². The summed E-state index contributed by atoms with van der Waals surface area (Å²) in [5, 5.41) is 0. The van der Waals surface area contributed by atoms with Gasteiger partial charge in [-0.3, -0.25) is 4.79 Å². The molecule has 1 rings (SSSR count). The molecule has 0 fully saturated rings. The summed E-state index contributed by atoms with van der Waals surface area (Å²) in [4.78, 5) is 13.2. The van der Waals surface area contributed by atoms with Crippen molar-refractivity contribution in [3.05, 3.63) is 54.6 Å². The summed E-state index contributed by atoms with van der Waals surface area (Å²) in [6.45, 7) is 1.91. The zero-order chi connectivity index (χ0) is 11.1. The molecule has 0 heterocycles. The first-order valence-corrected chi connectivity index (χ1v) is 4.88. The molecule has 0 N–H and O–H groups in total. The number of para-hydroxylation sites is 1. The predicted molar refractivity (Wildman–Crippen MR) is 63.8 cm³/mol. The van der Waals surface area contributed by atoms with Crippen molar-refractivity contribution in [2.24, 2.45) is 0 Å². The van der Waals surface area contributed by atoms with Crippen molar-refractivity contribution in [3.63, 3.8) is 0 Å². The molecule has 0 atom stereocenters. The second-order valence-electron chi connectivity index (χ2n) is 3.12. The highest BCUT2D eigenvalue weighted by molar-refractivity contribution is 6.01. The molecule has 15 heavy (non-hydrogen) atoms. The van der Waals surface area contributed by atoms with E-state index in [4.69, 9.17) is 0 Å². The third-order valence-electron chi connectivity index (χ3n) is 2.02. The number of anilines is 1. The lowest BCUT2D eigenvalue weighted by molar-refractivity contribution is -0.113. The van der Waals surface area contributed by atoms with Crippen LogP contribution in [-0.2, 0) is 4.79 Å². The Kier molecular flexibility index (Phi) is 4.35. The topological polar surface area (TPSA) is 20.3 Å².